The summed E-state index contributed by atoms with van der Waals surface area (Å²) in [5, 5.41) is 2.84. The first-order valence-electron chi connectivity index (χ1n) is 6.28. The Labute approximate surface area is 102 Å². The van der Waals surface area contributed by atoms with Crippen LogP contribution in [-0.4, -0.2) is 12.5 Å². The van der Waals surface area contributed by atoms with Gasteiger partial charge in [0.05, 0.1) is 0 Å². The smallest absolute Gasteiger partial charge is 0.221 e. The molecular weight excluding hydrogens is 212 g/mol. The highest BCUT2D eigenvalue weighted by atomic mass is 16.1. The van der Waals surface area contributed by atoms with Gasteiger partial charge in [-0.1, -0.05) is 6.07 Å². The minimum absolute atomic E-state index is 0.0154. The van der Waals surface area contributed by atoms with Crippen molar-refractivity contribution in [2.75, 3.05) is 11.9 Å². The standard InChI is InChI=1S/C14H20N2O/c1-10(17)16-14-7-6-12-4-2-11(9-15)3-5-13(12)8-14/h6-8,11H,2-5,9,15H2,1H3,(H,16,17). The lowest BCUT2D eigenvalue weighted by molar-refractivity contribution is -0.114. The van der Waals surface area contributed by atoms with Crippen molar-refractivity contribution < 1.29 is 4.79 Å². The first-order valence-corrected chi connectivity index (χ1v) is 6.28. The Balaban J connectivity index is 2.16. The molecule has 0 fully saturated rings. The second-order valence-corrected chi connectivity index (χ2v) is 4.84. The van der Waals surface area contributed by atoms with Gasteiger partial charge in [-0.05, 0) is 61.4 Å². The van der Waals surface area contributed by atoms with Crippen LogP contribution in [0.15, 0.2) is 18.2 Å². The fraction of sp³-hybridized carbons (Fsp3) is 0.500. The summed E-state index contributed by atoms with van der Waals surface area (Å²) in [5.74, 6) is 0.630. The van der Waals surface area contributed by atoms with Crippen molar-refractivity contribution in [3.05, 3.63) is 29.3 Å². The molecule has 1 unspecified atom stereocenters. The summed E-state index contributed by atoms with van der Waals surface area (Å²) in [6.07, 6.45) is 4.53. The van der Waals surface area contributed by atoms with Crippen molar-refractivity contribution >= 4 is 11.6 Å². The van der Waals surface area contributed by atoms with E-state index in [1.165, 1.54) is 24.5 Å². The molecule has 0 heterocycles. The highest BCUT2D eigenvalue weighted by molar-refractivity contribution is 5.88. The summed E-state index contributed by atoms with van der Waals surface area (Å²) in [7, 11) is 0. The molecule has 0 aliphatic heterocycles. The second kappa shape index (κ2) is 5.32. The van der Waals surface area contributed by atoms with Gasteiger partial charge in [-0.15, -0.1) is 0 Å². The van der Waals surface area contributed by atoms with Gasteiger partial charge in [0.15, 0.2) is 0 Å². The Morgan fingerprint density at radius 2 is 2.06 bits per heavy atom. The van der Waals surface area contributed by atoms with Gasteiger partial charge in [0.25, 0.3) is 0 Å². The van der Waals surface area contributed by atoms with Gasteiger partial charge in [-0.2, -0.15) is 0 Å². The van der Waals surface area contributed by atoms with E-state index in [4.69, 9.17) is 5.73 Å². The molecule has 3 heteroatoms. The lowest BCUT2D eigenvalue weighted by Gasteiger charge is -2.09. The highest BCUT2D eigenvalue weighted by Crippen LogP contribution is 2.26. The molecule has 0 bridgehead atoms. The predicted molar refractivity (Wildman–Crippen MR) is 69.9 cm³/mol. The number of carbonyl (C=O) groups is 1. The second-order valence-electron chi connectivity index (χ2n) is 4.84. The van der Waals surface area contributed by atoms with Crippen LogP contribution in [0.3, 0.4) is 0 Å². The van der Waals surface area contributed by atoms with E-state index in [0.29, 0.717) is 5.92 Å². The molecule has 0 aromatic heterocycles. The molecule has 0 saturated carbocycles. The number of hydrogen-bond acceptors (Lipinski definition) is 2. The van der Waals surface area contributed by atoms with Crippen molar-refractivity contribution in [1.29, 1.82) is 0 Å². The van der Waals surface area contributed by atoms with Crippen molar-refractivity contribution in [3.8, 4) is 0 Å². The lowest BCUT2D eigenvalue weighted by Crippen LogP contribution is -2.14. The van der Waals surface area contributed by atoms with Crippen LogP contribution in [0.5, 0.6) is 0 Å². The van der Waals surface area contributed by atoms with E-state index >= 15 is 0 Å². The zero-order valence-electron chi connectivity index (χ0n) is 10.3. The van der Waals surface area contributed by atoms with Gasteiger partial charge in [0, 0.05) is 12.6 Å². The molecule has 1 aliphatic rings. The van der Waals surface area contributed by atoms with Gasteiger partial charge in [0.1, 0.15) is 0 Å². The normalized spacial score (nSPS) is 19.3. The first kappa shape index (κ1) is 12.1. The van der Waals surface area contributed by atoms with E-state index in [1.807, 2.05) is 6.07 Å². The van der Waals surface area contributed by atoms with Crippen LogP contribution < -0.4 is 11.1 Å². The summed E-state index contributed by atoms with van der Waals surface area (Å²) < 4.78 is 0. The number of rotatable bonds is 2. The van der Waals surface area contributed by atoms with Crippen LogP contribution in [0, 0.1) is 5.92 Å². The number of anilines is 1. The van der Waals surface area contributed by atoms with E-state index in [9.17, 15) is 4.79 Å². The monoisotopic (exact) mass is 232 g/mol. The molecule has 2 rings (SSSR count). The van der Waals surface area contributed by atoms with Crippen LogP contribution in [0.1, 0.15) is 30.9 Å². The maximum Gasteiger partial charge on any atom is 0.221 e. The van der Waals surface area contributed by atoms with Gasteiger partial charge >= 0.3 is 0 Å². The van der Waals surface area contributed by atoms with Crippen molar-refractivity contribution in [3.63, 3.8) is 0 Å². The molecule has 3 nitrogen and oxygen atoms in total. The number of fused-ring (bicyclic) bond motifs is 1. The summed E-state index contributed by atoms with van der Waals surface area (Å²) in [4.78, 5) is 11.0. The maximum absolute atomic E-state index is 11.0. The molecule has 1 atom stereocenters. The SMILES string of the molecule is CC(=O)Nc1ccc2c(c1)CCC(CN)CC2. The molecule has 0 spiro atoms. The number of carbonyl (C=O) groups excluding carboxylic acids is 1. The Kier molecular flexibility index (Phi) is 3.79. The van der Waals surface area contributed by atoms with Gasteiger partial charge in [0.2, 0.25) is 5.91 Å². The summed E-state index contributed by atoms with van der Waals surface area (Å²) >= 11 is 0. The van der Waals surface area contributed by atoms with E-state index in [1.54, 1.807) is 0 Å². The van der Waals surface area contributed by atoms with Gasteiger partial charge in [-0.3, -0.25) is 4.79 Å². The van der Waals surface area contributed by atoms with Gasteiger partial charge in [-0.25, -0.2) is 0 Å². The third-order valence-corrected chi connectivity index (χ3v) is 3.50. The minimum atomic E-state index is -0.0154. The zero-order valence-corrected chi connectivity index (χ0v) is 10.3. The average Bonchev–Trinajstić information content (AvgIpc) is 2.50. The van der Waals surface area contributed by atoms with E-state index in [2.05, 4.69) is 17.4 Å². The van der Waals surface area contributed by atoms with E-state index < -0.39 is 0 Å². The third-order valence-electron chi connectivity index (χ3n) is 3.50. The molecule has 1 aromatic carbocycles. The molecule has 92 valence electrons. The maximum atomic E-state index is 11.0. The Morgan fingerprint density at radius 3 is 2.71 bits per heavy atom. The van der Waals surface area contributed by atoms with E-state index in [-0.39, 0.29) is 5.91 Å². The average molecular weight is 232 g/mol. The lowest BCUT2D eigenvalue weighted by atomic mass is 10.0. The number of nitrogens with one attached hydrogen (secondary N) is 1. The Hall–Kier alpha value is -1.35. The molecule has 0 saturated heterocycles. The number of benzene rings is 1. The first-order chi connectivity index (χ1) is 8.19. The summed E-state index contributed by atoms with van der Waals surface area (Å²) in [6.45, 7) is 2.32. The Bertz CT molecular complexity index is 415. The predicted octanol–water partition coefficient (Wildman–Crippen LogP) is 2.10. The third kappa shape index (κ3) is 3.07. The molecule has 3 N–H and O–H groups in total. The fourth-order valence-corrected chi connectivity index (χ4v) is 2.48. The van der Waals surface area contributed by atoms with Crippen LogP contribution in [0.2, 0.25) is 0 Å². The molecule has 0 radical (unpaired) electrons. The number of nitrogens with two attached hydrogens (primary N) is 1. The summed E-state index contributed by atoms with van der Waals surface area (Å²) in [6, 6.07) is 6.23. The summed E-state index contributed by atoms with van der Waals surface area (Å²) in [5.41, 5.74) is 9.43. The molecule has 17 heavy (non-hydrogen) atoms. The Morgan fingerprint density at radius 1 is 1.35 bits per heavy atom. The fourth-order valence-electron chi connectivity index (χ4n) is 2.48. The van der Waals surface area contributed by atoms with Crippen LogP contribution in [0.4, 0.5) is 5.69 Å². The van der Waals surface area contributed by atoms with Crippen molar-refractivity contribution in [2.45, 2.75) is 32.6 Å². The molecule has 1 aromatic rings. The number of aryl methyl sites for hydroxylation is 2. The van der Waals surface area contributed by atoms with E-state index in [0.717, 1.165) is 31.5 Å². The van der Waals surface area contributed by atoms with Crippen LogP contribution >= 0.6 is 0 Å². The number of hydrogen-bond donors (Lipinski definition) is 2. The zero-order chi connectivity index (χ0) is 12.3. The highest BCUT2D eigenvalue weighted by Gasteiger charge is 2.15. The van der Waals surface area contributed by atoms with Gasteiger partial charge < -0.3 is 11.1 Å². The topological polar surface area (TPSA) is 55.1 Å². The number of amides is 1. The van der Waals surface area contributed by atoms with Crippen LogP contribution in [0.25, 0.3) is 0 Å². The van der Waals surface area contributed by atoms with Crippen molar-refractivity contribution in [2.24, 2.45) is 11.7 Å². The minimum Gasteiger partial charge on any atom is -0.330 e. The quantitative estimate of drug-likeness (QED) is 0.767. The molecule has 1 aliphatic carbocycles. The van der Waals surface area contributed by atoms with Crippen molar-refractivity contribution in [1.82, 2.24) is 0 Å². The largest absolute Gasteiger partial charge is 0.330 e. The molecular formula is C14H20N2O. The van der Waals surface area contributed by atoms with Crippen LogP contribution in [-0.2, 0) is 17.6 Å². The molecule has 1 amide bonds.